The van der Waals surface area contributed by atoms with Gasteiger partial charge in [0.2, 0.25) is 0 Å². The second-order valence-corrected chi connectivity index (χ2v) is 13.3. The molecule has 268 valence electrons. The van der Waals surface area contributed by atoms with Gasteiger partial charge in [0.05, 0.1) is 60.1 Å². The molecule has 1 saturated heterocycles. The molecule has 4 aromatic rings. The molecule has 0 spiro atoms. The quantitative estimate of drug-likeness (QED) is 0.152. The third kappa shape index (κ3) is 7.92. The summed E-state index contributed by atoms with van der Waals surface area (Å²) in [6.45, 7) is 9.78. The van der Waals surface area contributed by atoms with Crippen LogP contribution < -0.4 is 5.46 Å². The number of pyridine rings is 2. The molecule has 2 aromatic carbocycles. The molecule has 50 heavy (non-hydrogen) atoms. The lowest BCUT2D eigenvalue weighted by Gasteiger charge is -2.32. The van der Waals surface area contributed by atoms with Gasteiger partial charge in [-0.2, -0.15) is 0 Å². The summed E-state index contributed by atoms with van der Waals surface area (Å²) in [5.74, 6) is 0. The van der Waals surface area contributed by atoms with E-state index in [2.05, 4.69) is 9.97 Å². The fourth-order valence-corrected chi connectivity index (χ4v) is 6.14. The lowest BCUT2D eigenvalue weighted by Crippen LogP contribution is -2.41. The minimum absolute atomic E-state index is 0. The molecule has 0 unspecified atom stereocenters. The van der Waals surface area contributed by atoms with Gasteiger partial charge < -0.3 is 18.8 Å². The second kappa shape index (κ2) is 15.9. The van der Waals surface area contributed by atoms with Crippen LogP contribution in [0.25, 0.3) is 33.0 Å². The van der Waals surface area contributed by atoms with Crippen molar-refractivity contribution in [3.8, 4) is 0 Å². The first-order chi connectivity index (χ1) is 22.9. The van der Waals surface area contributed by atoms with Crippen LogP contribution in [-0.2, 0) is 18.8 Å². The molecule has 12 heteroatoms. The number of rotatable bonds is 5. The van der Waals surface area contributed by atoms with Crippen molar-refractivity contribution in [2.45, 2.75) is 79.4 Å². The zero-order valence-corrected chi connectivity index (χ0v) is 27.9. The largest absolute Gasteiger partial charge is 0.495 e. The minimum Gasteiger partial charge on any atom is -0.399 e. The summed E-state index contributed by atoms with van der Waals surface area (Å²) in [4.78, 5) is 9.00. The standard InChI is InChI=1S/C21H24BF2NO3.C15H12ClF2NO.2CH4/c1-20(2)21(3,4)28-22(27-20)16-6-5-7-17-14(16)12-15(19(23)24)18(25-17)13-8-10-26-11-9-13;16-12-2-1-3-13-10(12)8-11(15(17)18)14(19-13)9-4-6-20-7-5-9;;/h5-8,12,19H,9-11H2,1-4H3;1-4,8,15H,5-7H2;2*1H4. The molecule has 0 aliphatic carbocycles. The van der Waals surface area contributed by atoms with Crippen LogP contribution in [0.4, 0.5) is 17.6 Å². The van der Waals surface area contributed by atoms with Crippen LogP contribution in [0.5, 0.6) is 0 Å². The van der Waals surface area contributed by atoms with Crippen LogP contribution in [0.3, 0.4) is 0 Å². The third-order valence-corrected chi connectivity index (χ3v) is 9.60. The van der Waals surface area contributed by atoms with Gasteiger partial charge in [0.15, 0.2) is 0 Å². The Morgan fingerprint density at radius 2 is 1.16 bits per heavy atom. The number of hydrogen-bond donors (Lipinski definition) is 0. The molecule has 0 N–H and O–H groups in total. The first-order valence-electron chi connectivity index (χ1n) is 15.9. The van der Waals surface area contributed by atoms with E-state index in [0.717, 1.165) is 16.6 Å². The van der Waals surface area contributed by atoms with Gasteiger partial charge in [-0.1, -0.05) is 56.8 Å². The Hall–Kier alpha value is -3.35. The maximum atomic E-state index is 13.9. The number of hydrogen-bond acceptors (Lipinski definition) is 6. The summed E-state index contributed by atoms with van der Waals surface area (Å²) in [6, 6.07) is 13.8. The first-order valence-corrected chi connectivity index (χ1v) is 16.2. The van der Waals surface area contributed by atoms with E-state index < -0.39 is 31.2 Å². The summed E-state index contributed by atoms with van der Waals surface area (Å²) >= 11 is 6.05. The highest BCUT2D eigenvalue weighted by Gasteiger charge is 2.52. The van der Waals surface area contributed by atoms with Crippen molar-refractivity contribution in [1.82, 2.24) is 9.97 Å². The Labute approximate surface area is 297 Å². The molecule has 0 amide bonds. The van der Waals surface area contributed by atoms with Crippen LogP contribution >= 0.6 is 11.6 Å². The molecule has 3 aliphatic heterocycles. The summed E-state index contributed by atoms with van der Waals surface area (Å²) in [6.07, 6.45) is -0.382. The van der Waals surface area contributed by atoms with E-state index in [1.165, 1.54) is 6.07 Å². The Morgan fingerprint density at radius 3 is 1.62 bits per heavy atom. The minimum atomic E-state index is -2.62. The van der Waals surface area contributed by atoms with E-state index in [4.69, 9.17) is 30.4 Å². The predicted molar refractivity (Wildman–Crippen MR) is 194 cm³/mol. The lowest BCUT2D eigenvalue weighted by atomic mass is 9.76. The number of alkyl halides is 4. The van der Waals surface area contributed by atoms with Crippen molar-refractivity contribution in [3.63, 3.8) is 0 Å². The number of benzene rings is 2. The molecule has 0 atom stereocenters. The van der Waals surface area contributed by atoms with Crippen molar-refractivity contribution < 1.29 is 36.3 Å². The van der Waals surface area contributed by atoms with Gasteiger partial charge in [0.1, 0.15) is 0 Å². The van der Waals surface area contributed by atoms with Crippen LogP contribution in [0.15, 0.2) is 60.7 Å². The highest BCUT2D eigenvalue weighted by Crippen LogP contribution is 2.38. The Bertz CT molecular complexity index is 1880. The number of ether oxygens (including phenoxy) is 2. The molecule has 1 fully saturated rings. The van der Waals surface area contributed by atoms with E-state index in [-0.39, 0.29) is 26.0 Å². The van der Waals surface area contributed by atoms with E-state index in [9.17, 15) is 17.6 Å². The molecule has 0 bridgehead atoms. The average Bonchev–Trinajstić information content (AvgIpc) is 3.30. The number of fused-ring (bicyclic) bond motifs is 2. The highest BCUT2D eigenvalue weighted by atomic mass is 35.5. The number of aromatic nitrogens is 2. The van der Waals surface area contributed by atoms with Crippen LogP contribution in [-0.4, -0.2) is 54.7 Å². The Kier molecular flexibility index (Phi) is 12.5. The zero-order chi connectivity index (χ0) is 34.2. The second-order valence-electron chi connectivity index (χ2n) is 12.9. The Balaban J connectivity index is 0.000000227. The normalized spacial score (nSPS) is 18.3. The number of halogens is 5. The smallest absolute Gasteiger partial charge is 0.399 e. The van der Waals surface area contributed by atoms with Crippen LogP contribution in [0, 0.1) is 0 Å². The Morgan fingerprint density at radius 1 is 0.700 bits per heavy atom. The molecule has 7 rings (SSSR count). The molecule has 6 nitrogen and oxygen atoms in total. The summed E-state index contributed by atoms with van der Waals surface area (Å²) in [5, 5.41) is 1.62. The molecular formula is C38H44BClF4N2O4. The van der Waals surface area contributed by atoms with Gasteiger partial charge in [-0.25, -0.2) is 27.5 Å². The van der Waals surface area contributed by atoms with Crippen molar-refractivity contribution in [1.29, 1.82) is 0 Å². The predicted octanol–water partition coefficient (Wildman–Crippen LogP) is 10.2. The molecule has 3 aliphatic rings. The fourth-order valence-electron chi connectivity index (χ4n) is 5.92. The first kappa shape index (κ1) is 39.4. The molecular weight excluding hydrogens is 671 g/mol. The molecule has 0 radical (unpaired) electrons. The maximum Gasteiger partial charge on any atom is 0.495 e. The van der Waals surface area contributed by atoms with Crippen molar-refractivity contribution >= 4 is 57.1 Å². The van der Waals surface area contributed by atoms with Gasteiger partial charge >= 0.3 is 7.12 Å². The number of nitrogens with zero attached hydrogens (tertiary/aromatic N) is 2. The zero-order valence-electron chi connectivity index (χ0n) is 27.2. The van der Waals surface area contributed by atoms with Crippen LogP contribution in [0.1, 0.15) is 90.8 Å². The van der Waals surface area contributed by atoms with Gasteiger partial charge in [-0.15, -0.1) is 0 Å². The van der Waals surface area contributed by atoms with Gasteiger partial charge in [0.25, 0.3) is 12.9 Å². The van der Waals surface area contributed by atoms with E-state index in [0.29, 0.717) is 77.5 Å². The topological polar surface area (TPSA) is 62.7 Å². The molecule has 2 aromatic heterocycles. The molecule has 0 saturated carbocycles. The summed E-state index contributed by atoms with van der Waals surface area (Å²) in [5.41, 5.74) is 3.19. The monoisotopic (exact) mass is 714 g/mol. The van der Waals surface area contributed by atoms with E-state index in [1.807, 2.05) is 58.0 Å². The van der Waals surface area contributed by atoms with E-state index >= 15 is 0 Å². The lowest BCUT2D eigenvalue weighted by molar-refractivity contribution is 0.00578. The van der Waals surface area contributed by atoms with Crippen molar-refractivity contribution in [2.75, 3.05) is 26.4 Å². The van der Waals surface area contributed by atoms with E-state index in [1.54, 1.807) is 24.3 Å². The van der Waals surface area contributed by atoms with Gasteiger partial charge in [-0.05, 0) is 87.5 Å². The summed E-state index contributed by atoms with van der Waals surface area (Å²) in [7, 11) is -0.630. The molecule has 5 heterocycles. The van der Waals surface area contributed by atoms with Crippen molar-refractivity contribution in [3.05, 3.63) is 88.2 Å². The third-order valence-electron chi connectivity index (χ3n) is 9.27. The van der Waals surface area contributed by atoms with Crippen LogP contribution in [0.2, 0.25) is 5.02 Å². The summed E-state index contributed by atoms with van der Waals surface area (Å²) < 4.78 is 77.2. The highest BCUT2D eigenvalue weighted by molar-refractivity contribution is 6.65. The fraction of sp³-hybridized carbons (Fsp3) is 0.421. The van der Waals surface area contributed by atoms with Gasteiger partial charge in [-0.3, -0.25) is 0 Å². The van der Waals surface area contributed by atoms with Crippen molar-refractivity contribution in [2.24, 2.45) is 0 Å². The van der Waals surface area contributed by atoms with Gasteiger partial charge in [0, 0.05) is 26.9 Å². The maximum absolute atomic E-state index is 13.9. The SMILES string of the molecule is C.C.CC1(C)OB(c2cccc3nc(C4=CCOCC4)c(C(F)F)cc23)OC1(C)C.FC(F)c1cc2c(Cl)cccc2nc1C1=CCOCC1. The average molecular weight is 715 g/mol.